The van der Waals surface area contributed by atoms with E-state index in [1.165, 1.54) is 7.11 Å². The van der Waals surface area contributed by atoms with Crippen LogP contribution in [0.3, 0.4) is 0 Å². The van der Waals surface area contributed by atoms with Crippen LogP contribution in [0.2, 0.25) is 0 Å². The first kappa shape index (κ1) is 15.3. The number of carbonyl (C=O) groups is 1. The van der Waals surface area contributed by atoms with Crippen molar-refractivity contribution in [3.05, 3.63) is 101 Å². The third kappa shape index (κ3) is 2.72. The van der Waals surface area contributed by atoms with Gasteiger partial charge in [0.25, 0.3) is 0 Å². The lowest BCUT2D eigenvalue weighted by molar-refractivity contribution is -0.557. The molecule has 1 aromatic heterocycles. The maximum Gasteiger partial charge on any atom is 0.337 e. The van der Waals surface area contributed by atoms with Crippen LogP contribution in [-0.2, 0) is 4.74 Å². The molecular formula is C21H17N2O2+. The van der Waals surface area contributed by atoms with Crippen molar-refractivity contribution in [2.45, 2.75) is 6.04 Å². The topological polar surface area (TPSA) is 42.5 Å². The molecule has 3 aromatic rings. The minimum atomic E-state index is -0.338. The monoisotopic (exact) mass is 329 g/mol. The number of ether oxygens (including phenoxy) is 1. The van der Waals surface area contributed by atoms with Crippen LogP contribution in [0.5, 0.6) is 0 Å². The zero-order valence-corrected chi connectivity index (χ0v) is 13.8. The van der Waals surface area contributed by atoms with Crippen molar-refractivity contribution in [2.75, 3.05) is 7.11 Å². The number of methoxy groups -OCH3 is 1. The van der Waals surface area contributed by atoms with E-state index in [1.807, 2.05) is 48.7 Å². The molecule has 1 aliphatic rings. The van der Waals surface area contributed by atoms with Crippen molar-refractivity contribution < 1.29 is 14.1 Å². The number of fused-ring (bicyclic) bond motifs is 1. The van der Waals surface area contributed by atoms with Crippen molar-refractivity contribution in [1.82, 2.24) is 0 Å². The molecule has 0 radical (unpaired) electrons. The molecule has 25 heavy (non-hydrogen) atoms. The van der Waals surface area contributed by atoms with Crippen LogP contribution >= 0.6 is 0 Å². The Kier molecular flexibility index (Phi) is 3.86. The summed E-state index contributed by atoms with van der Waals surface area (Å²) in [4.78, 5) is 16.6. The lowest BCUT2D eigenvalue weighted by atomic mass is 10.0. The fourth-order valence-corrected chi connectivity index (χ4v) is 3.09. The highest BCUT2D eigenvalue weighted by molar-refractivity contribution is 5.95. The largest absolute Gasteiger partial charge is 0.465 e. The van der Waals surface area contributed by atoms with E-state index in [0.29, 0.717) is 5.56 Å². The van der Waals surface area contributed by atoms with Gasteiger partial charge in [0, 0.05) is 5.56 Å². The highest BCUT2D eigenvalue weighted by Crippen LogP contribution is 2.28. The summed E-state index contributed by atoms with van der Waals surface area (Å²) in [5, 5.41) is 0. The summed E-state index contributed by atoms with van der Waals surface area (Å²) in [6, 6.07) is 23.7. The van der Waals surface area contributed by atoms with E-state index in [0.717, 1.165) is 22.7 Å². The van der Waals surface area contributed by atoms with Gasteiger partial charge in [-0.2, -0.15) is 4.57 Å². The van der Waals surface area contributed by atoms with Crippen molar-refractivity contribution in [1.29, 1.82) is 0 Å². The maximum atomic E-state index is 11.6. The molecule has 0 saturated heterocycles. The molecule has 4 nitrogen and oxygen atoms in total. The first-order chi connectivity index (χ1) is 12.3. The SMILES string of the molecule is COC(=O)c1ccc(C2=NC(c3ccccc3)c3cccc[n+]32)cc1. The van der Waals surface area contributed by atoms with Gasteiger partial charge in [-0.05, 0) is 36.4 Å². The molecule has 0 fully saturated rings. The first-order valence-corrected chi connectivity index (χ1v) is 8.10. The number of benzene rings is 2. The number of nitrogens with zero attached hydrogens (tertiary/aromatic N) is 2. The summed E-state index contributed by atoms with van der Waals surface area (Å²) in [7, 11) is 1.38. The van der Waals surface area contributed by atoms with Crippen LogP contribution in [0.1, 0.15) is 33.2 Å². The van der Waals surface area contributed by atoms with Gasteiger partial charge in [-0.25, -0.2) is 4.79 Å². The Balaban J connectivity index is 1.78. The van der Waals surface area contributed by atoms with Crippen LogP contribution < -0.4 is 4.57 Å². The first-order valence-electron chi connectivity index (χ1n) is 8.10. The Labute approximate surface area is 146 Å². The molecule has 4 rings (SSSR count). The van der Waals surface area contributed by atoms with Gasteiger partial charge in [0.2, 0.25) is 6.04 Å². The summed E-state index contributed by atoms with van der Waals surface area (Å²) >= 11 is 0. The van der Waals surface area contributed by atoms with Crippen molar-refractivity contribution in [2.24, 2.45) is 4.99 Å². The number of esters is 1. The quantitative estimate of drug-likeness (QED) is 0.547. The molecule has 4 heteroatoms. The molecule has 1 unspecified atom stereocenters. The molecular weight excluding hydrogens is 312 g/mol. The normalized spacial score (nSPS) is 15.4. The molecule has 0 saturated carbocycles. The highest BCUT2D eigenvalue weighted by Gasteiger charge is 2.36. The Hall–Kier alpha value is -3.27. The molecule has 1 atom stereocenters. The van der Waals surface area contributed by atoms with Crippen LogP contribution in [0.25, 0.3) is 0 Å². The maximum absolute atomic E-state index is 11.6. The lowest BCUT2D eigenvalue weighted by Crippen LogP contribution is -2.43. The van der Waals surface area contributed by atoms with Gasteiger partial charge in [0.05, 0.1) is 24.4 Å². The van der Waals surface area contributed by atoms with Gasteiger partial charge in [-0.15, -0.1) is 0 Å². The van der Waals surface area contributed by atoms with Crippen LogP contribution in [0, 0.1) is 0 Å². The number of carbonyl (C=O) groups excluding carboxylic acids is 1. The molecule has 122 valence electrons. The molecule has 0 amide bonds. The number of aromatic nitrogens is 1. The number of hydrogen-bond donors (Lipinski definition) is 0. The van der Waals surface area contributed by atoms with E-state index in [2.05, 4.69) is 22.8 Å². The van der Waals surface area contributed by atoms with Gasteiger partial charge < -0.3 is 4.74 Å². The summed E-state index contributed by atoms with van der Waals surface area (Å²) in [5.74, 6) is 0.538. The second-order valence-corrected chi connectivity index (χ2v) is 5.83. The van der Waals surface area contributed by atoms with Crippen molar-refractivity contribution in [3.8, 4) is 0 Å². The second-order valence-electron chi connectivity index (χ2n) is 5.83. The highest BCUT2D eigenvalue weighted by atomic mass is 16.5. The fourth-order valence-electron chi connectivity index (χ4n) is 3.09. The number of hydrogen-bond acceptors (Lipinski definition) is 3. The average molecular weight is 329 g/mol. The fraction of sp³-hybridized carbons (Fsp3) is 0.0952. The number of aliphatic imine (C=N–C) groups is 1. The van der Waals surface area contributed by atoms with Gasteiger partial charge in [-0.1, -0.05) is 41.4 Å². The van der Waals surface area contributed by atoms with Gasteiger partial charge in [0.1, 0.15) is 0 Å². The van der Waals surface area contributed by atoms with E-state index >= 15 is 0 Å². The number of pyridine rings is 1. The third-order valence-corrected chi connectivity index (χ3v) is 4.33. The molecule has 2 aromatic carbocycles. The zero-order valence-electron chi connectivity index (χ0n) is 13.8. The molecule has 2 heterocycles. The smallest absolute Gasteiger partial charge is 0.337 e. The van der Waals surface area contributed by atoms with E-state index in [9.17, 15) is 4.79 Å². The lowest BCUT2D eigenvalue weighted by Gasteiger charge is -2.03. The summed E-state index contributed by atoms with van der Waals surface area (Å²) in [6.45, 7) is 0. The predicted molar refractivity (Wildman–Crippen MR) is 94.6 cm³/mol. The summed E-state index contributed by atoms with van der Waals surface area (Å²) < 4.78 is 6.86. The molecule has 0 N–H and O–H groups in total. The molecule has 1 aliphatic heterocycles. The molecule has 0 aliphatic carbocycles. The van der Waals surface area contributed by atoms with Crippen molar-refractivity contribution >= 4 is 11.8 Å². The third-order valence-electron chi connectivity index (χ3n) is 4.33. The Morgan fingerprint density at radius 2 is 1.68 bits per heavy atom. The van der Waals surface area contributed by atoms with E-state index in [4.69, 9.17) is 9.73 Å². The Bertz CT molecular complexity index is 947. The Morgan fingerprint density at radius 1 is 0.960 bits per heavy atom. The van der Waals surface area contributed by atoms with Gasteiger partial charge in [-0.3, -0.25) is 0 Å². The standard InChI is InChI=1S/C21H17N2O2/c1-25-21(24)17-12-10-16(11-13-17)20-22-19(15-7-3-2-4-8-15)18-9-5-6-14-23(18)20/h2-14,19H,1H3/q+1. The predicted octanol–water partition coefficient (Wildman–Crippen LogP) is 3.16. The minimum Gasteiger partial charge on any atom is -0.465 e. The zero-order chi connectivity index (χ0) is 17.2. The Morgan fingerprint density at radius 3 is 2.40 bits per heavy atom. The number of rotatable bonds is 3. The average Bonchev–Trinajstić information content (AvgIpc) is 3.08. The van der Waals surface area contributed by atoms with Gasteiger partial charge >= 0.3 is 11.8 Å². The molecule has 0 bridgehead atoms. The van der Waals surface area contributed by atoms with Crippen LogP contribution in [0.4, 0.5) is 0 Å². The van der Waals surface area contributed by atoms with E-state index in [-0.39, 0.29) is 12.0 Å². The van der Waals surface area contributed by atoms with E-state index in [1.54, 1.807) is 12.1 Å². The minimum absolute atomic E-state index is 0.0299. The van der Waals surface area contributed by atoms with Crippen LogP contribution in [0.15, 0.2) is 84.0 Å². The van der Waals surface area contributed by atoms with E-state index < -0.39 is 0 Å². The molecule has 0 spiro atoms. The summed E-state index contributed by atoms with van der Waals surface area (Å²) in [5.41, 5.74) is 3.77. The second kappa shape index (κ2) is 6.32. The van der Waals surface area contributed by atoms with Crippen LogP contribution in [-0.4, -0.2) is 18.9 Å². The summed E-state index contributed by atoms with van der Waals surface area (Å²) in [6.07, 6.45) is 2.02. The van der Waals surface area contributed by atoms with Crippen molar-refractivity contribution in [3.63, 3.8) is 0 Å². The van der Waals surface area contributed by atoms with Gasteiger partial charge in [0.15, 0.2) is 5.69 Å².